The predicted molar refractivity (Wildman–Crippen MR) is 34.6 cm³/mol. The average molecular weight is 150 g/mol. The van der Waals surface area contributed by atoms with Crippen LogP contribution in [0.15, 0.2) is 23.8 Å². The first-order chi connectivity index (χ1) is 4.70. The minimum atomic E-state index is -0.461. The van der Waals surface area contributed by atoms with Crippen LogP contribution in [-0.2, 0) is 0 Å². The summed E-state index contributed by atoms with van der Waals surface area (Å²) in [5.74, 6) is -0.852. The lowest BCUT2D eigenvalue weighted by molar-refractivity contribution is 0.527. The van der Waals surface area contributed by atoms with E-state index in [1.807, 2.05) is 0 Å². The summed E-state index contributed by atoms with van der Waals surface area (Å²) >= 11 is 0. The zero-order valence-electron chi connectivity index (χ0n) is 5.70. The molecule has 0 fully saturated rings. The van der Waals surface area contributed by atoms with Crippen LogP contribution in [0.25, 0.3) is 0 Å². The fraction of sp³-hybridized carbons (Fsp3) is 0.429. The third kappa shape index (κ3) is 4.18. The molecule has 0 bridgehead atoms. The Bertz CT molecular complexity index is 147. The van der Waals surface area contributed by atoms with E-state index in [1.165, 1.54) is 13.0 Å². The number of hydrogen-bond donors (Lipinski definition) is 0. The first-order valence-electron chi connectivity index (χ1n) is 2.98. The van der Waals surface area contributed by atoms with Crippen molar-refractivity contribution in [3.8, 4) is 0 Å². The van der Waals surface area contributed by atoms with Gasteiger partial charge in [-0.05, 0) is 13.0 Å². The smallest absolute Gasteiger partial charge is 0.122 e. The first-order valence-corrected chi connectivity index (χ1v) is 2.98. The molecule has 0 unspecified atom stereocenters. The fourth-order valence-corrected chi connectivity index (χ4v) is 0.462. The Labute approximate surface area is 58.0 Å². The van der Waals surface area contributed by atoms with Gasteiger partial charge in [0.2, 0.25) is 0 Å². The maximum absolute atomic E-state index is 11.7. The molecular formula is C7H9F3. The first kappa shape index (κ1) is 9.27. The zero-order valence-corrected chi connectivity index (χ0v) is 5.70. The van der Waals surface area contributed by atoms with Crippen LogP contribution in [0.2, 0.25) is 0 Å². The van der Waals surface area contributed by atoms with Crippen LogP contribution in [0.3, 0.4) is 0 Å². The van der Waals surface area contributed by atoms with Crippen molar-refractivity contribution >= 4 is 0 Å². The summed E-state index contributed by atoms with van der Waals surface area (Å²) in [6.45, 7) is 1.21. The molecule has 0 aromatic heterocycles. The van der Waals surface area contributed by atoms with Crippen LogP contribution in [0, 0.1) is 0 Å². The average Bonchev–Trinajstić information content (AvgIpc) is 2.17. The van der Waals surface area contributed by atoms with Gasteiger partial charge in [0, 0.05) is 12.5 Å². The van der Waals surface area contributed by atoms with Crippen molar-refractivity contribution in [2.45, 2.75) is 13.3 Å². The highest BCUT2D eigenvalue weighted by molar-refractivity contribution is 5.23. The minimum absolute atomic E-state index is 0.131. The molecule has 0 aliphatic heterocycles. The van der Waals surface area contributed by atoms with E-state index in [9.17, 15) is 13.2 Å². The van der Waals surface area contributed by atoms with E-state index >= 15 is 0 Å². The molecule has 0 aromatic carbocycles. The van der Waals surface area contributed by atoms with Gasteiger partial charge in [-0.15, -0.1) is 0 Å². The number of halogens is 3. The third-order valence-electron chi connectivity index (χ3n) is 0.787. The summed E-state index contributed by atoms with van der Waals surface area (Å²) < 4.78 is 33.8. The molecule has 0 saturated carbocycles. The molecular weight excluding hydrogens is 141 g/mol. The van der Waals surface area contributed by atoms with Crippen molar-refractivity contribution in [1.29, 1.82) is 0 Å². The Morgan fingerprint density at radius 3 is 2.10 bits per heavy atom. The largest absolute Gasteiger partial charge is 0.251 e. The van der Waals surface area contributed by atoms with Gasteiger partial charge in [0.05, 0.1) is 6.67 Å². The van der Waals surface area contributed by atoms with Crippen molar-refractivity contribution in [1.82, 2.24) is 0 Å². The highest BCUT2D eigenvalue weighted by Gasteiger charge is 2.02. The second kappa shape index (κ2) is 5.09. The molecule has 3 heteroatoms. The van der Waals surface area contributed by atoms with Gasteiger partial charge in [-0.25, -0.2) is 8.78 Å². The van der Waals surface area contributed by atoms with Crippen LogP contribution >= 0.6 is 0 Å². The quantitative estimate of drug-likeness (QED) is 0.497. The molecule has 1 aliphatic carbocycles. The second-order valence-electron chi connectivity index (χ2n) is 1.65. The van der Waals surface area contributed by atoms with Crippen LogP contribution in [-0.4, -0.2) is 6.67 Å². The van der Waals surface area contributed by atoms with Crippen LogP contribution < -0.4 is 0 Å². The topological polar surface area (TPSA) is 0 Å². The van der Waals surface area contributed by atoms with Gasteiger partial charge in [-0.1, -0.05) is 0 Å². The van der Waals surface area contributed by atoms with E-state index in [0.717, 1.165) is 6.08 Å². The van der Waals surface area contributed by atoms with Crippen LogP contribution in [0.5, 0.6) is 0 Å². The molecule has 0 amide bonds. The van der Waals surface area contributed by atoms with Crippen molar-refractivity contribution in [2.24, 2.45) is 0 Å². The van der Waals surface area contributed by atoms with Gasteiger partial charge in [0.25, 0.3) is 0 Å². The molecule has 0 saturated heterocycles. The molecule has 58 valence electrons. The lowest BCUT2D eigenvalue weighted by atomic mass is 10.5. The second-order valence-corrected chi connectivity index (χ2v) is 1.65. The van der Waals surface area contributed by atoms with E-state index in [0.29, 0.717) is 0 Å². The van der Waals surface area contributed by atoms with Gasteiger partial charge in [0.15, 0.2) is 0 Å². The molecule has 0 atom stereocenters. The third-order valence-corrected chi connectivity index (χ3v) is 0.787. The molecule has 1 rings (SSSR count). The SMILES string of the molecule is CCF.FC1=CCC(F)=C1. The van der Waals surface area contributed by atoms with Gasteiger partial charge in [-0.3, -0.25) is 4.39 Å². The fourth-order valence-electron chi connectivity index (χ4n) is 0.462. The Kier molecular flexibility index (Phi) is 4.72. The maximum Gasteiger partial charge on any atom is 0.122 e. The molecule has 1 aliphatic rings. The molecule has 10 heavy (non-hydrogen) atoms. The number of rotatable bonds is 0. The Morgan fingerprint density at radius 1 is 1.50 bits per heavy atom. The van der Waals surface area contributed by atoms with Gasteiger partial charge in [0.1, 0.15) is 11.7 Å². The predicted octanol–water partition coefficient (Wildman–Crippen LogP) is 3.07. The van der Waals surface area contributed by atoms with E-state index < -0.39 is 11.7 Å². The van der Waals surface area contributed by atoms with E-state index in [2.05, 4.69) is 0 Å². The Balaban J connectivity index is 0.000000236. The zero-order chi connectivity index (χ0) is 7.98. The van der Waals surface area contributed by atoms with Crippen LogP contribution in [0.4, 0.5) is 13.2 Å². The van der Waals surface area contributed by atoms with Gasteiger partial charge in [-0.2, -0.15) is 0 Å². The monoisotopic (exact) mass is 150 g/mol. The molecule has 0 radical (unpaired) electrons. The lowest BCUT2D eigenvalue weighted by Crippen LogP contribution is -1.55. The number of alkyl halides is 1. The number of allylic oxidation sites excluding steroid dienone is 4. The normalized spacial score (nSPS) is 15.2. The molecule has 0 N–H and O–H groups in total. The molecule has 0 nitrogen and oxygen atoms in total. The summed E-state index contributed by atoms with van der Waals surface area (Å²) in [6.07, 6.45) is 2.22. The summed E-state index contributed by atoms with van der Waals surface area (Å²) in [5.41, 5.74) is 0. The Morgan fingerprint density at radius 2 is 2.00 bits per heavy atom. The minimum Gasteiger partial charge on any atom is -0.251 e. The standard InChI is InChI=1S/C5H4F2.C2H5F/c6-4-1-2-5(7)3-4;1-2-3/h1,3H,2H2;2H2,1H3. The summed E-state index contributed by atoms with van der Waals surface area (Å²) in [7, 11) is 0. The van der Waals surface area contributed by atoms with Crippen molar-refractivity contribution in [2.75, 3.05) is 6.67 Å². The Hall–Kier alpha value is -0.730. The summed E-state index contributed by atoms with van der Waals surface area (Å²) in [4.78, 5) is 0. The van der Waals surface area contributed by atoms with E-state index in [-0.39, 0.29) is 13.1 Å². The molecule has 0 heterocycles. The maximum atomic E-state index is 11.7. The lowest BCUT2D eigenvalue weighted by Gasteiger charge is -1.72. The molecule has 0 spiro atoms. The highest BCUT2D eigenvalue weighted by Crippen LogP contribution is 2.17. The van der Waals surface area contributed by atoms with Crippen LogP contribution in [0.1, 0.15) is 13.3 Å². The van der Waals surface area contributed by atoms with Crippen molar-refractivity contribution in [3.63, 3.8) is 0 Å². The van der Waals surface area contributed by atoms with E-state index in [1.54, 1.807) is 0 Å². The van der Waals surface area contributed by atoms with Crippen molar-refractivity contribution < 1.29 is 13.2 Å². The highest BCUT2D eigenvalue weighted by atomic mass is 19.1. The number of hydrogen-bond acceptors (Lipinski definition) is 0. The van der Waals surface area contributed by atoms with E-state index in [4.69, 9.17) is 0 Å². The molecule has 0 aromatic rings. The summed E-state index contributed by atoms with van der Waals surface area (Å²) in [5, 5.41) is 0. The van der Waals surface area contributed by atoms with Crippen molar-refractivity contribution in [3.05, 3.63) is 23.8 Å². The van der Waals surface area contributed by atoms with Gasteiger partial charge >= 0.3 is 0 Å². The summed E-state index contributed by atoms with van der Waals surface area (Å²) in [6, 6.07) is 0. The van der Waals surface area contributed by atoms with Gasteiger partial charge < -0.3 is 0 Å².